The van der Waals surface area contributed by atoms with Crippen LogP contribution in [-0.2, 0) is 6.18 Å². The van der Waals surface area contributed by atoms with E-state index in [1.54, 1.807) is 0 Å². The molecule has 2 atom stereocenters. The van der Waals surface area contributed by atoms with Gasteiger partial charge in [-0.3, -0.25) is 4.79 Å². The number of carbonyl (C=O) groups is 1. The Hall–Kier alpha value is -2.68. The van der Waals surface area contributed by atoms with Crippen LogP contribution in [-0.4, -0.2) is 36.5 Å². The summed E-state index contributed by atoms with van der Waals surface area (Å²) in [4.78, 5) is 17.4. The van der Waals surface area contributed by atoms with Crippen LogP contribution in [0.5, 0.6) is 5.75 Å². The second-order valence-corrected chi connectivity index (χ2v) is 7.54. The molecule has 2 heterocycles. The fraction of sp³-hybridized carbons (Fsp3) is 0.429. The average molecular weight is 425 g/mol. The van der Waals surface area contributed by atoms with Crippen LogP contribution in [0.3, 0.4) is 0 Å². The number of ketones is 1. The number of aromatic nitrogens is 1. The number of alkyl halides is 3. The Morgan fingerprint density at radius 3 is 2.77 bits per heavy atom. The van der Waals surface area contributed by atoms with Gasteiger partial charge in [0.05, 0.1) is 23.8 Å². The molecule has 1 saturated heterocycles. The van der Waals surface area contributed by atoms with Crippen LogP contribution < -0.4 is 15.4 Å². The summed E-state index contributed by atoms with van der Waals surface area (Å²) in [7, 11) is 1.28. The van der Waals surface area contributed by atoms with E-state index >= 15 is 0 Å². The van der Waals surface area contributed by atoms with Crippen molar-refractivity contribution in [2.75, 3.05) is 25.5 Å². The molecule has 0 unspecified atom stereocenters. The minimum absolute atomic E-state index is 0.00336. The number of benzene rings is 1. The quantitative estimate of drug-likeness (QED) is 0.534. The normalized spacial score (nSPS) is 21.9. The number of hydrogen-bond donors (Lipinski definition) is 2. The lowest BCUT2D eigenvalue weighted by atomic mass is 9.79. The Kier molecular flexibility index (Phi) is 6.30. The number of nitrogens with zero attached hydrogens (tertiary/aromatic N) is 1. The molecule has 2 N–H and O–H groups in total. The van der Waals surface area contributed by atoms with Gasteiger partial charge in [-0.1, -0.05) is 13.0 Å². The van der Waals surface area contributed by atoms with Crippen molar-refractivity contribution in [3.8, 4) is 5.75 Å². The molecule has 3 rings (SSSR count). The molecule has 1 aromatic carbocycles. The van der Waals surface area contributed by atoms with Gasteiger partial charge in [-0.2, -0.15) is 13.2 Å². The highest BCUT2D eigenvalue weighted by molar-refractivity contribution is 6.06. The van der Waals surface area contributed by atoms with Crippen molar-refractivity contribution in [2.24, 2.45) is 5.92 Å². The number of nitrogens with one attached hydrogen (secondary N) is 2. The fourth-order valence-corrected chi connectivity index (χ4v) is 3.58. The van der Waals surface area contributed by atoms with E-state index in [1.807, 2.05) is 6.92 Å². The number of hydrogen-bond acceptors (Lipinski definition) is 5. The highest BCUT2D eigenvalue weighted by Gasteiger charge is 2.42. The summed E-state index contributed by atoms with van der Waals surface area (Å²) in [6, 6.07) is 5.88. The lowest BCUT2D eigenvalue weighted by Gasteiger charge is -2.39. The predicted molar refractivity (Wildman–Crippen MR) is 104 cm³/mol. The number of rotatable bonds is 6. The smallest absolute Gasteiger partial charge is 0.416 e. The number of piperidine rings is 1. The van der Waals surface area contributed by atoms with Crippen molar-refractivity contribution in [2.45, 2.75) is 31.5 Å². The minimum atomic E-state index is -4.50. The minimum Gasteiger partial charge on any atom is -0.493 e. The zero-order chi connectivity index (χ0) is 21.9. The van der Waals surface area contributed by atoms with Crippen molar-refractivity contribution < 1.29 is 27.1 Å². The van der Waals surface area contributed by atoms with Gasteiger partial charge in [0.25, 0.3) is 0 Å². The number of carbonyl (C=O) groups excluding carboxylic acids is 1. The van der Waals surface area contributed by atoms with Gasteiger partial charge in [0.2, 0.25) is 0 Å². The third kappa shape index (κ3) is 4.56. The van der Waals surface area contributed by atoms with Crippen LogP contribution in [0.15, 0.2) is 36.5 Å². The number of methoxy groups -OCH3 is 1. The van der Waals surface area contributed by atoms with Gasteiger partial charge in [0.15, 0.2) is 17.3 Å². The fourth-order valence-electron chi connectivity index (χ4n) is 3.58. The van der Waals surface area contributed by atoms with Gasteiger partial charge < -0.3 is 15.4 Å². The third-order valence-electron chi connectivity index (χ3n) is 5.36. The predicted octanol–water partition coefficient (Wildman–Crippen LogP) is 4.30. The van der Waals surface area contributed by atoms with E-state index in [9.17, 15) is 22.4 Å². The second-order valence-electron chi connectivity index (χ2n) is 7.54. The third-order valence-corrected chi connectivity index (χ3v) is 5.36. The lowest BCUT2D eigenvalue weighted by Crippen LogP contribution is -2.60. The average Bonchev–Trinajstić information content (AvgIpc) is 2.72. The van der Waals surface area contributed by atoms with E-state index in [0.29, 0.717) is 18.9 Å². The van der Waals surface area contributed by atoms with Crippen LogP contribution in [0.2, 0.25) is 0 Å². The van der Waals surface area contributed by atoms with Gasteiger partial charge in [0.1, 0.15) is 5.82 Å². The Morgan fingerprint density at radius 2 is 2.13 bits per heavy atom. The van der Waals surface area contributed by atoms with Gasteiger partial charge in [-0.05, 0) is 49.6 Å². The number of para-hydroxylation sites is 1. The monoisotopic (exact) mass is 425 g/mol. The maximum absolute atomic E-state index is 14.1. The van der Waals surface area contributed by atoms with Gasteiger partial charge in [-0.25, -0.2) is 9.37 Å². The summed E-state index contributed by atoms with van der Waals surface area (Å²) in [5.74, 6) is -0.865. The molecule has 1 aromatic heterocycles. The topological polar surface area (TPSA) is 63.2 Å². The van der Waals surface area contributed by atoms with E-state index in [2.05, 4.69) is 15.6 Å². The molecule has 0 spiro atoms. The van der Waals surface area contributed by atoms with Gasteiger partial charge in [-0.15, -0.1) is 0 Å². The standard InChI is InChI=1S/C21H23F4N3O2/c1-13-6-8-20(28-11-13,19(29)15-4-3-5-16(22)18(15)30-2)12-27-17-10-14(7-9-26-17)21(23,24)25/h3-5,7,9-10,13,28H,6,8,11-12H2,1-2H3,(H,26,27)/t13-,20-/m0/s1. The Labute approximate surface area is 171 Å². The molecule has 0 amide bonds. The molecular weight excluding hydrogens is 402 g/mol. The number of Topliss-reactive ketones (excluding diaryl/α,β-unsaturated/α-hetero) is 1. The Bertz CT molecular complexity index is 909. The van der Waals surface area contributed by atoms with Crippen molar-refractivity contribution in [1.29, 1.82) is 0 Å². The van der Waals surface area contributed by atoms with Crippen LogP contribution in [0.1, 0.15) is 35.7 Å². The number of ether oxygens (including phenoxy) is 1. The SMILES string of the molecule is COc1c(F)cccc1C(=O)[C@@]1(CNc2cc(C(F)(F)F)ccn2)CC[C@H](C)CN1. The summed E-state index contributed by atoms with van der Waals surface area (Å²) in [5, 5.41) is 6.08. The molecule has 1 aliphatic rings. The molecule has 5 nitrogen and oxygen atoms in total. The van der Waals surface area contributed by atoms with Crippen molar-refractivity contribution in [3.63, 3.8) is 0 Å². The summed E-state index contributed by atoms with van der Waals surface area (Å²) in [6.07, 6.45) is -2.28. The largest absolute Gasteiger partial charge is 0.493 e. The maximum Gasteiger partial charge on any atom is 0.416 e. The molecule has 1 aliphatic heterocycles. The van der Waals surface area contributed by atoms with Crippen molar-refractivity contribution in [3.05, 3.63) is 53.5 Å². The van der Waals surface area contributed by atoms with Crippen LogP contribution >= 0.6 is 0 Å². The van der Waals surface area contributed by atoms with E-state index in [1.165, 1.54) is 25.3 Å². The molecule has 162 valence electrons. The number of anilines is 1. The summed E-state index contributed by atoms with van der Waals surface area (Å²) in [5.41, 5.74) is -1.89. The molecule has 30 heavy (non-hydrogen) atoms. The molecule has 1 fully saturated rings. The molecule has 0 bridgehead atoms. The van der Waals surface area contributed by atoms with Crippen LogP contribution in [0.25, 0.3) is 0 Å². The van der Waals surface area contributed by atoms with Crippen LogP contribution in [0, 0.1) is 11.7 Å². The molecule has 0 aliphatic carbocycles. The molecule has 2 aromatic rings. The molecule has 9 heteroatoms. The van der Waals surface area contributed by atoms with Crippen LogP contribution in [0.4, 0.5) is 23.4 Å². The van der Waals surface area contributed by atoms with E-state index in [0.717, 1.165) is 24.8 Å². The number of halogens is 4. The molecular formula is C21H23F4N3O2. The number of pyridine rings is 1. The highest BCUT2D eigenvalue weighted by atomic mass is 19.4. The van der Waals surface area contributed by atoms with E-state index < -0.39 is 23.1 Å². The van der Waals surface area contributed by atoms with E-state index in [4.69, 9.17) is 4.74 Å². The highest BCUT2D eigenvalue weighted by Crippen LogP contribution is 2.33. The van der Waals surface area contributed by atoms with E-state index in [-0.39, 0.29) is 29.5 Å². The molecule has 0 saturated carbocycles. The summed E-state index contributed by atoms with van der Waals surface area (Å²) in [6.45, 7) is 2.57. The van der Waals surface area contributed by atoms with Crippen molar-refractivity contribution in [1.82, 2.24) is 10.3 Å². The zero-order valence-electron chi connectivity index (χ0n) is 16.6. The lowest BCUT2D eigenvalue weighted by molar-refractivity contribution is -0.137. The Morgan fingerprint density at radius 1 is 1.37 bits per heavy atom. The first kappa shape index (κ1) is 22.0. The first-order valence-corrected chi connectivity index (χ1v) is 9.56. The summed E-state index contributed by atoms with van der Waals surface area (Å²) >= 11 is 0. The molecule has 0 radical (unpaired) electrons. The maximum atomic E-state index is 14.1. The Balaban J connectivity index is 1.90. The first-order valence-electron chi connectivity index (χ1n) is 9.56. The summed E-state index contributed by atoms with van der Waals surface area (Å²) < 4.78 is 58.2. The first-order chi connectivity index (χ1) is 14.2. The van der Waals surface area contributed by atoms with Gasteiger partial charge >= 0.3 is 6.18 Å². The second kappa shape index (κ2) is 8.59. The van der Waals surface area contributed by atoms with Gasteiger partial charge in [0, 0.05) is 12.7 Å². The zero-order valence-corrected chi connectivity index (χ0v) is 16.6. The van der Waals surface area contributed by atoms with Crippen molar-refractivity contribution >= 4 is 11.6 Å².